The zero-order valence-electron chi connectivity index (χ0n) is 11.5. The zero-order valence-corrected chi connectivity index (χ0v) is 11.5. The third-order valence-electron chi connectivity index (χ3n) is 3.37. The van der Waals surface area contributed by atoms with Crippen molar-refractivity contribution in [3.63, 3.8) is 0 Å². The topological polar surface area (TPSA) is 81.7 Å². The Bertz CT molecular complexity index is 524. The van der Waals surface area contributed by atoms with E-state index in [0.717, 1.165) is 0 Å². The van der Waals surface area contributed by atoms with Crippen molar-refractivity contribution in [2.45, 2.75) is 12.5 Å². The van der Waals surface area contributed by atoms with Crippen molar-refractivity contribution in [2.24, 2.45) is 0 Å². The molecule has 114 valence electrons. The molecule has 1 atom stereocenters. The number of carbonyl (C=O) groups excluding carboxylic acids is 1. The first-order valence-electron chi connectivity index (χ1n) is 6.79. The van der Waals surface area contributed by atoms with E-state index in [9.17, 15) is 14.0 Å². The fourth-order valence-corrected chi connectivity index (χ4v) is 2.29. The summed E-state index contributed by atoms with van der Waals surface area (Å²) in [6, 6.07) is 5.05. The smallest absolute Gasteiger partial charge is 0.322 e. The number of nitrogens with zero attached hydrogens (tertiary/aromatic N) is 1. The van der Waals surface area contributed by atoms with Crippen LogP contribution in [-0.4, -0.2) is 54.1 Å². The highest BCUT2D eigenvalue weighted by atomic mass is 19.1. The maximum Gasteiger partial charge on any atom is 0.322 e. The van der Waals surface area contributed by atoms with Gasteiger partial charge in [-0.05, 0) is 18.2 Å². The van der Waals surface area contributed by atoms with E-state index in [2.05, 4.69) is 10.6 Å². The first-order chi connectivity index (χ1) is 10.1. The number of nitrogens with one attached hydrogen (secondary N) is 2. The predicted molar refractivity (Wildman–Crippen MR) is 75.5 cm³/mol. The van der Waals surface area contributed by atoms with Gasteiger partial charge in [-0.25, -0.2) is 4.39 Å². The predicted octanol–water partition coefficient (Wildman–Crippen LogP) is 0.513. The summed E-state index contributed by atoms with van der Waals surface area (Å²) >= 11 is 0. The first kappa shape index (κ1) is 15.4. The Hall–Kier alpha value is -1.99. The SMILES string of the molecule is O=C(CCN1CCNCC1C(=O)O)Nc1cccc(F)c1. The van der Waals surface area contributed by atoms with Gasteiger partial charge in [-0.1, -0.05) is 6.07 Å². The molecule has 1 amide bonds. The number of carbonyl (C=O) groups is 2. The summed E-state index contributed by atoms with van der Waals surface area (Å²) < 4.78 is 13.0. The van der Waals surface area contributed by atoms with E-state index in [1.54, 1.807) is 11.0 Å². The van der Waals surface area contributed by atoms with Crippen LogP contribution in [0.1, 0.15) is 6.42 Å². The molecule has 1 aliphatic rings. The molecule has 21 heavy (non-hydrogen) atoms. The standard InChI is InChI=1S/C14H18FN3O3/c15-10-2-1-3-11(8-10)17-13(19)4-6-18-7-5-16-9-12(18)14(20)21/h1-3,8,12,16H,4-7,9H2,(H,17,19)(H,20,21). The Balaban J connectivity index is 1.84. The van der Waals surface area contributed by atoms with Gasteiger partial charge in [0.2, 0.25) is 5.91 Å². The molecular formula is C14H18FN3O3. The highest BCUT2D eigenvalue weighted by Crippen LogP contribution is 2.10. The molecule has 1 heterocycles. The number of benzene rings is 1. The van der Waals surface area contributed by atoms with Crippen molar-refractivity contribution in [2.75, 3.05) is 31.5 Å². The van der Waals surface area contributed by atoms with Crippen LogP contribution >= 0.6 is 0 Å². The average molecular weight is 295 g/mol. The van der Waals surface area contributed by atoms with Gasteiger partial charge in [-0.15, -0.1) is 0 Å². The molecule has 1 fully saturated rings. The third kappa shape index (κ3) is 4.51. The van der Waals surface area contributed by atoms with Gasteiger partial charge in [0, 0.05) is 38.3 Å². The van der Waals surface area contributed by atoms with E-state index in [0.29, 0.717) is 31.9 Å². The molecule has 1 aromatic carbocycles. The summed E-state index contributed by atoms with van der Waals surface area (Å²) in [5, 5.41) is 14.7. The average Bonchev–Trinajstić information content (AvgIpc) is 2.45. The number of hydrogen-bond donors (Lipinski definition) is 3. The van der Waals surface area contributed by atoms with Gasteiger partial charge in [0.15, 0.2) is 0 Å². The van der Waals surface area contributed by atoms with Crippen LogP contribution in [-0.2, 0) is 9.59 Å². The van der Waals surface area contributed by atoms with Crippen LogP contribution in [0.4, 0.5) is 10.1 Å². The van der Waals surface area contributed by atoms with E-state index < -0.39 is 17.8 Å². The van der Waals surface area contributed by atoms with Crippen LogP contribution < -0.4 is 10.6 Å². The van der Waals surface area contributed by atoms with Crippen LogP contribution in [0.5, 0.6) is 0 Å². The summed E-state index contributed by atoms with van der Waals surface area (Å²) in [4.78, 5) is 24.7. The second-order valence-electron chi connectivity index (χ2n) is 4.90. The molecule has 1 aromatic rings. The number of halogens is 1. The number of piperazine rings is 1. The Morgan fingerprint density at radius 1 is 1.48 bits per heavy atom. The van der Waals surface area contributed by atoms with Crippen molar-refractivity contribution >= 4 is 17.6 Å². The summed E-state index contributed by atoms with van der Waals surface area (Å²) in [5.41, 5.74) is 0.398. The van der Waals surface area contributed by atoms with Crippen molar-refractivity contribution < 1.29 is 19.1 Å². The Morgan fingerprint density at radius 3 is 3.00 bits per heavy atom. The number of hydrogen-bond acceptors (Lipinski definition) is 4. The summed E-state index contributed by atoms with van der Waals surface area (Å²) in [6.45, 7) is 2.03. The summed E-state index contributed by atoms with van der Waals surface area (Å²) in [6.07, 6.45) is 0.167. The van der Waals surface area contributed by atoms with E-state index in [4.69, 9.17) is 5.11 Å². The highest BCUT2D eigenvalue weighted by Gasteiger charge is 2.28. The van der Waals surface area contributed by atoms with Gasteiger partial charge in [-0.3, -0.25) is 14.5 Å². The zero-order chi connectivity index (χ0) is 15.2. The number of aliphatic carboxylic acids is 1. The number of carboxylic acids is 1. The van der Waals surface area contributed by atoms with E-state index in [-0.39, 0.29) is 12.3 Å². The molecule has 0 radical (unpaired) electrons. The molecule has 0 aromatic heterocycles. The fourth-order valence-electron chi connectivity index (χ4n) is 2.29. The fraction of sp³-hybridized carbons (Fsp3) is 0.429. The maximum absolute atomic E-state index is 13.0. The number of anilines is 1. The van der Waals surface area contributed by atoms with Gasteiger partial charge < -0.3 is 15.7 Å². The second kappa shape index (κ2) is 7.14. The third-order valence-corrected chi connectivity index (χ3v) is 3.37. The lowest BCUT2D eigenvalue weighted by molar-refractivity contribution is -0.144. The van der Waals surface area contributed by atoms with Crippen molar-refractivity contribution in [1.82, 2.24) is 10.2 Å². The quantitative estimate of drug-likeness (QED) is 0.737. The van der Waals surface area contributed by atoms with Crippen LogP contribution in [0.2, 0.25) is 0 Å². The van der Waals surface area contributed by atoms with Crippen LogP contribution in [0.3, 0.4) is 0 Å². The Kier molecular flexibility index (Phi) is 5.24. The summed E-state index contributed by atoms with van der Waals surface area (Å²) in [5.74, 6) is -1.57. The molecule has 1 unspecified atom stereocenters. The van der Waals surface area contributed by atoms with Crippen LogP contribution in [0, 0.1) is 5.82 Å². The summed E-state index contributed by atoms with van der Waals surface area (Å²) in [7, 11) is 0. The molecule has 0 spiro atoms. The minimum absolute atomic E-state index is 0.167. The molecule has 1 saturated heterocycles. The largest absolute Gasteiger partial charge is 0.480 e. The van der Waals surface area contributed by atoms with Crippen LogP contribution in [0.25, 0.3) is 0 Å². The molecular weight excluding hydrogens is 277 g/mol. The Morgan fingerprint density at radius 2 is 2.29 bits per heavy atom. The van der Waals surface area contributed by atoms with Gasteiger partial charge in [0.05, 0.1) is 0 Å². The van der Waals surface area contributed by atoms with E-state index in [1.165, 1.54) is 18.2 Å². The van der Waals surface area contributed by atoms with Gasteiger partial charge in [0.25, 0.3) is 0 Å². The van der Waals surface area contributed by atoms with Crippen molar-refractivity contribution in [3.8, 4) is 0 Å². The molecule has 0 bridgehead atoms. The first-order valence-corrected chi connectivity index (χ1v) is 6.79. The molecule has 7 heteroatoms. The lowest BCUT2D eigenvalue weighted by Crippen LogP contribution is -2.55. The van der Waals surface area contributed by atoms with Gasteiger partial charge >= 0.3 is 5.97 Å². The van der Waals surface area contributed by atoms with Crippen molar-refractivity contribution in [3.05, 3.63) is 30.1 Å². The highest BCUT2D eigenvalue weighted by molar-refractivity contribution is 5.90. The monoisotopic (exact) mass is 295 g/mol. The maximum atomic E-state index is 13.0. The Labute approximate surface area is 121 Å². The molecule has 6 nitrogen and oxygen atoms in total. The minimum Gasteiger partial charge on any atom is -0.480 e. The lowest BCUT2D eigenvalue weighted by Gasteiger charge is -2.33. The molecule has 2 rings (SSSR count). The normalized spacial score (nSPS) is 19.2. The number of rotatable bonds is 5. The molecule has 0 saturated carbocycles. The van der Waals surface area contributed by atoms with E-state index >= 15 is 0 Å². The minimum atomic E-state index is -0.896. The number of carboxylic acid groups (broad SMARTS) is 1. The second-order valence-corrected chi connectivity index (χ2v) is 4.90. The molecule has 1 aliphatic heterocycles. The van der Waals surface area contributed by atoms with Gasteiger partial charge in [-0.2, -0.15) is 0 Å². The van der Waals surface area contributed by atoms with Crippen molar-refractivity contribution in [1.29, 1.82) is 0 Å². The van der Waals surface area contributed by atoms with Crippen LogP contribution in [0.15, 0.2) is 24.3 Å². The van der Waals surface area contributed by atoms with Gasteiger partial charge in [0.1, 0.15) is 11.9 Å². The molecule has 0 aliphatic carbocycles. The van der Waals surface area contributed by atoms with E-state index in [1.807, 2.05) is 0 Å². The number of amides is 1. The molecule has 3 N–H and O–H groups in total. The lowest BCUT2D eigenvalue weighted by atomic mass is 10.2.